The summed E-state index contributed by atoms with van der Waals surface area (Å²) in [6, 6.07) is 0. The van der Waals surface area contributed by atoms with Crippen molar-refractivity contribution in [1.29, 1.82) is 0 Å². The van der Waals surface area contributed by atoms with Crippen LogP contribution in [0.3, 0.4) is 0 Å². The lowest BCUT2D eigenvalue weighted by Crippen LogP contribution is -2.09. The Labute approximate surface area is 102 Å². The van der Waals surface area contributed by atoms with Crippen molar-refractivity contribution in [3.05, 3.63) is 11.5 Å². The summed E-state index contributed by atoms with van der Waals surface area (Å²) in [5.74, 6) is 1.35. The Morgan fingerprint density at radius 2 is 2.25 bits per heavy atom. The fourth-order valence-corrected chi connectivity index (χ4v) is 1.98. The Bertz CT molecular complexity index is 375. The SMILES string of the molecule is CNc1c(Cl)ncnc1NCCCS(C)=O. The van der Waals surface area contributed by atoms with Gasteiger partial charge in [0.15, 0.2) is 11.0 Å². The lowest BCUT2D eigenvalue weighted by Gasteiger charge is -2.10. The first-order chi connectivity index (χ1) is 7.65. The highest BCUT2D eigenvalue weighted by molar-refractivity contribution is 7.84. The van der Waals surface area contributed by atoms with Crippen LogP contribution in [0.4, 0.5) is 11.5 Å². The summed E-state index contributed by atoms with van der Waals surface area (Å²) in [6.45, 7) is 0.710. The molecule has 0 spiro atoms. The Balaban J connectivity index is 2.53. The molecule has 0 amide bonds. The third-order valence-corrected chi connectivity index (χ3v) is 3.10. The molecule has 0 fully saturated rings. The van der Waals surface area contributed by atoms with Crippen LogP contribution in [-0.2, 0) is 10.8 Å². The van der Waals surface area contributed by atoms with Gasteiger partial charge in [0.25, 0.3) is 0 Å². The maximum atomic E-state index is 10.9. The van der Waals surface area contributed by atoms with Gasteiger partial charge in [-0.05, 0) is 6.42 Å². The molecule has 0 bridgehead atoms. The highest BCUT2D eigenvalue weighted by Crippen LogP contribution is 2.24. The van der Waals surface area contributed by atoms with Gasteiger partial charge in [-0.15, -0.1) is 0 Å². The molecule has 0 saturated carbocycles. The fraction of sp³-hybridized carbons (Fsp3) is 0.556. The molecular weight excluding hydrogens is 248 g/mol. The number of hydrogen-bond donors (Lipinski definition) is 2. The molecule has 2 N–H and O–H groups in total. The van der Waals surface area contributed by atoms with Crippen LogP contribution in [0, 0.1) is 0 Å². The first-order valence-corrected chi connectivity index (χ1v) is 6.97. The van der Waals surface area contributed by atoms with Gasteiger partial charge in [-0.25, -0.2) is 9.97 Å². The zero-order chi connectivity index (χ0) is 12.0. The van der Waals surface area contributed by atoms with E-state index in [-0.39, 0.29) is 0 Å². The second-order valence-corrected chi connectivity index (χ2v) is 5.11. The molecule has 0 aliphatic rings. The number of hydrogen-bond acceptors (Lipinski definition) is 5. The van der Waals surface area contributed by atoms with Crippen molar-refractivity contribution in [2.45, 2.75) is 6.42 Å². The van der Waals surface area contributed by atoms with E-state index >= 15 is 0 Å². The summed E-state index contributed by atoms with van der Waals surface area (Å²) in [6.07, 6.45) is 3.93. The Morgan fingerprint density at radius 1 is 1.50 bits per heavy atom. The van der Waals surface area contributed by atoms with Crippen LogP contribution < -0.4 is 10.6 Å². The first-order valence-electron chi connectivity index (χ1n) is 4.87. The Kier molecular flexibility index (Phi) is 5.48. The van der Waals surface area contributed by atoms with Gasteiger partial charge < -0.3 is 10.6 Å². The fourth-order valence-electron chi connectivity index (χ4n) is 1.20. The molecule has 0 aliphatic heterocycles. The minimum Gasteiger partial charge on any atom is -0.383 e. The molecule has 1 unspecified atom stereocenters. The number of anilines is 2. The van der Waals surface area contributed by atoms with Gasteiger partial charge in [-0.3, -0.25) is 4.21 Å². The van der Waals surface area contributed by atoms with Crippen molar-refractivity contribution >= 4 is 33.9 Å². The molecule has 0 radical (unpaired) electrons. The zero-order valence-corrected chi connectivity index (χ0v) is 10.9. The lowest BCUT2D eigenvalue weighted by atomic mass is 10.4. The van der Waals surface area contributed by atoms with Crippen LogP contribution in [0.5, 0.6) is 0 Å². The smallest absolute Gasteiger partial charge is 0.157 e. The molecular formula is C9H15ClN4OS. The Hall–Kier alpha value is -0.880. The summed E-state index contributed by atoms with van der Waals surface area (Å²) in [7, 11) is 1.01. The van der Waals surface area contributed by atoms with E-state index in [1.165, 1.54) is 6.33 Å². The molecule has 1 heterocycles. The van der Waals surface area contributed by atoms with E-state index in [9.17, 15) is 4.21 Å². The van der Waals surface area contributed by atoms with Crippen LogP contribution in [0.2, 0.25) is 5.15 Å². The van der Waals surface area contributed by atoms with Gasteiger partial charge in [-0.1, -0.05) is 11.6 Å². The molecule has 1 aromatic heterocycles. The second-order valence-electron chi connectivity index (χ2n) is 3.20. The highest BCUT2D eigenvalue weighted by Gasteiger charge is 2.06. The molecule has 0 aromatic carbocycles. The minimum absolute atomic E-state index is 0.388. The molecule has 16 heavy (non-hydrogen) atoms. The number of nitrogens with zero attached hydrogens (tertiary/aromatic N) is 2. The van der Waals surface area contributed by atoms with Crippen LogP contribution in [0.1, 0.15) is 6.42 Å². The number of rotatable bonds is 6. The summed E-state index contributed by atoms with van der Waals surface area (Å²) in [5.41, 5.74) is 0.682. The van der Waals surface area contributed by atoms with Gasteiger partial charge in [0.2, 0.25) is 0 Å². The van der Waals surface area contributed by atoms with Gasteiger partial charge in [0.1, 0.15) is 12.0 Å². The van der Waals surface area contributed by atoms with E-state index < -0.39 is 10.8 Å². The summed E-state index contributed by atoms with van der Waals surface area (Å²) in [4.78, 5) is 7.95. The molecule has 1 rings (SSSR count). The summed E-state index contributed by atoms with van der Waals surface area (Å²) < 4.78 is 10.9. The highest BCUT2D eigenvalue weighted by atomic mass is 35.5. The zero-order valence-electron chi connectivity index (χ0n) is 9.29. The van der Waals surface area contributed by atoms with E-state index in [1.54, 1.807) is 13.3 Å². The topological polar surface area (TPSA) is 66.9 Å². The number of nitrogens with one attached hydrogen (secondary N) is 2. The van der Waals surface area contributed by atoms with Crippen molar-refractivity contribution in [3.8, 4) is 0 Å². The predicted octanol–water partition coefficient (Wildman–Crippen LogP) is 1.35. The van der Waals surface area contributed by atoms with Gasteiger partial charge in [0, 0.05) is 36.4 Å². The summed E-state index contributed by atoms with van der Waals surface area (Å²) in [5, 5.41) is 6.45. The third-order valence-electron chi connectivity index (χ3n) is 1.95. The maximum Gasteiger partial charge on any atom is 0.157 e. The molecule has 90 valence electrons. The number of aromatic nitrogens is 2. The lowest BCUT2D eigenvalue weighted by molar-refractivity contribution is 0.685. The van der Waals surface area contributed by atoms with E-state index in [0.717, 1.165) is 6.42 Å². The van der Waals surface area contributed by atoms with Crippen molar-refractivity contribution in [2.24, 2.45) is 0 Å². The predicted molar refractivity (Wildman–Crippen MR) is 68.6 cm³/mol. The van der Waals surface area contributed by atoms with Gasteiger partial charge >= 0.3 is 0 Å². The van der Waals surface area contributed by atoms with E-state index in [2.05, 4.69) is 20.6 Å². The largest absolute Gasteiger partial charge is 0.383 e. The maximum absolute atomic E-state index is 10.9. The van der Waals surface area contributed by atoms with Crippen LogP contribution in [0.15, 0.2) is 6.33 Å². The number of halogens is 1. The van der Waals surface area contributed by atoms with E-state index in [4.69, 9.17) is 11.6 Å². The Morgan fingerprint density at radius 3 is 2.88 bits per heavy atom. The minimum atomic E-state index is -0.749. The summed E-state index contributed by atoms with van der Waals surface area (Å²) >= 11 is 5.89. The molecule has 5 nitrogen and oxygen atoms in total. The van der Waals surface area contributed by atoms with Crippen LogP contribution in [-0.4, -0.2) is 39.8 Å². The van der Waals surface area contributed by atoms with Crippen molar-refractivity contribution in [3.63, 3.8) is 0 Å². The van der Waals surface area contributed by atoms with E-state index in [1.807, 2.05) is 0 Å². The molecule has 1 aromatic rings. The van der Waals surface area contributed by atoms with Crippen molar-refractivity contribution < 1.29 is 4.21 Å². The molecule has 0 saturated heterocycles. The van der Waals surface area contributed by atoms with Crippen LogP contribution >= 0.6 is 11.6 Å². The average Bonchev–Trinajstić information content (AvgIpc) is 2.24. The first kappa shape index (κ1) is 13.2. The average molecular weight is 263 g/mol. The van der Waals surface area contributed by atoms with Gasteiger partial charge in [0.05, 0.1) is 0 Å². The quantitative estimate of drug-likeness (QED) is 0.598. The normalized spacial score (nSPS) is 12.2. The monoisotopic (exact) mass is 262 g/mol. The molecule has 1 atom stereocenters. The standard InChI is InChI=1S/C9H15ClN4OS/c1-11-7-8(10)13-6-14-9(7)12-4-3-5-16(2)15/h6,11H,3-5H2,1-2H3,(H,12,13,14). The van der Waals surface area contributed by atoms with Gasteiger partial charge in [-0.2, -0.15) is 0 Å². The van der Waals surface area contributed by atoms with Crippen molar-refractivity contribution in [2.75, 3.05) is 36.2 Å². The van der Waals surface area contributed by atoms with E-state index in [0.29, 0.717) is 29.0 Å². The molecule has 7 heteroatoms. The second kappa shape index (κ2) is 6.65. The van der Waals surface area contributed by atoms with Crippen molar-refractivity contribution in [1.82, 2.24) is 9.97 Å². The third kappa shape index (κ3) is 3.94. The van der Waals surface area contributed by atoms with Crippen LogP contribution in [0.25, 0.3) is 0 Å². The molecule has 0 aliphatic carbocycles.